The molecule has 8 rings (SSSR count). The largest absolute Gasteiger partial charge is 0.352 e. The lowest BCUT2D eigenvalue weighted by Crippen LogP contribution is -2.52. The van der Waals surface area contributed by atoms with Crippen molar-refractivity contribution >= 4 is 58.5 Å². The van der Waals surface area contributed by atoms with Crippen molar-refractivity contribution in [2.75, 3.05) is 11.4 Å². The average Bonchev–Trinajstić information content (AvgIpc) is 4.10. The van der Waals surface area contributed by atoms with Gasteiger partial charge in [0.25, 0.3) is 17.7 Å². The zero-order valence-electron chi connectivity index (χ0n) is 30.3. The number of nitrogens with zero attached hydrogens (tertiary/aromatic N) is 5. The molecular weight excluding hydrogens is 751 g/mol. The van der Waals surface area contributed by atoms with E-state index >= 15 is 0 Å². The summed E-state index contributed by atoms with van der Waals surface area (Å²) in [5.74, 6) is -1.33. The average molecular weight is 788 g/mol. The second kappa shape index (κ2) is 14.2. The highest BCUT2D eigenvalue weighted by Crippen LogP contribution is 2.48. The molecule has 3 aliphatic rings. The predicted molar refractivity (Wildman–Crippen MR) is 210 cm³/mol. The Morgan fingerprint density at radius 2 is 1.57 bits per heavy atom. The van der Waals surface area contributed by atoms with E-state index in [-0.39, 0.29) is 35.8 Å². The smallest absolute Gasteiger partial charge is 0.270 e. The zero-order chi connectivity index (χ0) is 39.2. The van der Waals surface area contributed by atoms with Gasteiger partial charge in [-0.3, -0.25) is 28.7 Å². The molecule has 14 heteroatoms. The lowest BCUT2D eigenvalue weighted by molar-refractivity contribution is -0.125. The van der Waals surface area contributed by atoms with Crippen LogP contribution >= 0.6 is 23.2 Å². The molecule has 2 aliphatic carbocycles. The number of nitrogens with one attached hydrogen (secondary N) is 3. The molecule has 2 fully saturated rings. The minimum Gasteiger partial charge on any atom is -0.352 e. The van der Waals surface area contributed by atoms with Gasteiger partial charge in [0.15, 0.2) is 0 Å². The van der Waals surface area contributed by atoms with Crippen LogP contribution in [0.2, 0.25) is 10.0 Å². The molecular formula is C42H36Cl2N8O4. The zero-order valence-corrected chi connectivity index (χ0v) is 31.8. The van der Waals surface area contributed by atoms with E-state index in [0.29, 0.717) is 71.2 Å². The van der Waals surface area contributed by atoms with Gasteiger partial charge in [0.2, 0.25) is 11.9 Å². The van der Waals surface area contributed by atoms with E-state index in [2.05, 4.69) is 32.0 Å². The topological polar surface area (TPSA) is 162 Å². The van der Waals surface area contributed by atoms with Crippen LogP contribution in [-0.2, 0) is 33.5 Å². The second-order valence-electron chi connectivity index (χ2n) is 14.8. The highest BCUT2D eigenvalue weighted by atomic mass is 35.5. The minimum atomic E-state index is -1.34. The summed E-state index contributed by atoms with van der Waals surface area (Å²) in [7, 11) is 0. The third kappa shape index (κ3) is 6.89. The number of fused-ring (bicyclic) bond motifs is 1. The summed E-state index contributed by atoms with van der Waals surface area (Å²) in [6, 6.07) is 27.0. The molecule has 2 aromatic heterocycles. The summed E-state index contributed by atoms with van der Waals surface area (Å²) < 4.78 is 1.59. The van der Waals surface area contributed by atoms with Crippen molar-refractivity contribution < 1.29 is 19.2 Å². The molecule has 0 saturated heterocycles. The first-order chi connectivity index (χ1) is 26.9. The third-order valence-corrected chi connectivity index (χ3v) is 11.2. The molecule has 0 unspecified atom stereocenters. The Labute approximate surface area is 332 Å². The number of carbonyl (C=O) groups excluding carboxylic acids is 4. The van der Waals surface area contributed by atoms with E-state index in [9.17, 15) is 24.4 Å². The number of pyridine rings is 1. The SMILES string of the molecule is C[C@@]1(Cc2ccc(C#N)cc2)C(=O)N(c2cc(Cl)cc(Cl)c2)c2ncc(C(=O)NC3(C(=O)NC4(c5cc(C(=O)NCCc6ccccc6)ccn5)CC4)CC3)n21. The number of hydrogen-bond donors (Lipinski definition) is 3. The number of aromatic nitrogens is 3. The molecule has 282 valence electrons. The van der Waals surface area contributed by atoms with Crippen molar-refractivity contribution in [3.63, 3.8) is 0 Å². The molecule has 2 saturated carbocycles. The number of nitriles is 1. The molecule has 0 radical (unpaired) electrons. The number of imidazole rings is 1. The molecule has 3 N–H and O–H groups in total. The normalized spacial score (nSPS) is 18.4. The number of carbonyl (C=O) groups is 4. The Morgan fingerprint density at radius 3 is 2.23 bits per heavy atom. The van der Waals surface area contributed by atoms with Crippen LogP contribution in [0.1, 0.15) is 75.8 Å². The van der Waals surface area contributed by atoms with Crippen molar-refractivity contribution in [1.82, 2.24) is 30.5 Å². The number of hydrogen-bond acceptors (Lipinski definition) is 7. The maximum absolute atomic E-state index is 14.5. The van der Waals surface area contributed by atoms with Gasteiger partial charge < -0.3 is 16.0 Å². The summed E-state index contributed by atoms with van der Waals surface area (Å²) in [5.41, 5.74) is 0.553. The number of anilines is 2. The lowest BCUT2D eigenvalue weighted by atomic mass is 9.91. The van der Waals surface area contributed by atoms with Gasteiger partial charge in [-0.1, -0.05) is 65.7 Å². The van der Waals surface area contributed by atoms with Crippen molar-refractivity contribution in [1.29, 1.82) is 5.26 Å². The highest BCUT2D eigenvalue weighted by Gasteiger charge is 2.57. The van der Waals surface area contributed by atoms with Crippen LogP contribution in [0.25, 0.3) is 0 Å². The monoisotopic (exact) mass is 786 g/mol. The van der Waals surface area contributed by atoms with Crippen LogP contribution in [0.4, 0.5) is 11.6 Å². The fraction of sp³-hybridized carbons (Fsp3) is 0.262. The first-order valence-corrected chi connectivity index (χ1v) is 19.0. The molecule has 1 aliphatic heterocycles. The quantitative estimate of drug-likeness (QED) is 0.137. The molecule has 1 atom stereocenters. The van der Waals surface area contributed by atoms with E-state index < -0.39 is 22.5 Å². The van der Waals surface area contributed by atoms with Gasteiger partial charge >= 0.3 is 0 Å². The van der Waals surface area contributed by atoms with Crippen LogP contribution in [0.5, 0.6) is 0 Å². The molecule has 3 aromatic carbocycles. The Kier molecular flexibility index (Phi) is 9.39. The van der Waals surface area contributed by atoms with E-state index in [1.165, 1.54) is 11.1 Å². The van der Waals surface area contributed by atoms with Crippen molar-refractivity contribution in [3.05, 3.63) is 141 Å². The van der Waals surface area contributed by atoms with Gasteiger partial charge in [0.05, 0.1) is 34.7 Å². The Bertz CT molecular complexity index is 2420. The molecule has 0 spiro atoms. The molecule has 5 aromatic rings. The molecule has 0 bridgehead atoms. The summed E-state index contributed by atoms with van der Waals surface area (Å²) in [6.45, 7) is 2.20. The summed E-state index contributed by atoms with van der Waals surface area (Å²) in [5, 5.41) is 19.0. The standard InChI is InChI=1S/C42H36Cl2N8O4/c1-40(23-27-7-9-28(24-45)10-8-27)38(56)51(32-21-30(43)20-31(44)22-32)39-48-25-33(52(39)40)36(54)49-42(15-16-42)37(55)50-41(13-14-41)34-19-29(12-18-46-34)35(53)47-17-11-26-5-3-2-4-6-26/h2-10,12,18-22,25H,11,13-17,23H2,1H3,(H,47,53)(H,49,54)(H,50,55)/t40-/m1/s1. The van der Waals surface area contributed by atoms with Gasteiger partial charge in [0.1, 0.15) is 16.8 Å². The highest BCUT2D eigenvalue weighted by molar-refractivity contribution is 6.35. The number of benzene rings is 3. The van der Waals surface area contributed by atoms with Gasteiger partial charge in [-0.2, -0.15) is 5.26 Å². The van der Waals surface area contributed by atoms with Crippen LogP contribution < -0.4 is 20.9 Å². The first-order valence-electron chi connectivity index (χ1n) is 18.3. The Morgan fingerprint density at radius 1 is 0.857 bits per heavy atom. The minimum absolute atomic E-state index is 0.0907. The molecule has 3 heterocycles. The molecule has 12 nitrogen and oxygen atoms in total. The van der Waals surface area contributed by atoms with Gasteiger partial charge in [0, 0.05) is 34.8 Å². The number of rotatable bonds is 12. The summed E-state index contributed by atoms with van der Waals surface area (Å²) >= 11 is 12.7. The Balaban J connectivity index is 1.01. The summed E-state index contributed by atoms with van der Waals surface area (Å²) in [6.07, 6.45) is 5.90. The van der Waals surface area contributed by atoms with Gasteiger partial charge in [-0.25, -0.2) is 9.88 Å². The molecule has 56 heavy (non-hydrogen) atoms. The van der Waals surface area contributed by atoms with Crippen molar-refractivity contribution in [2.24, 2.45) is 0 Å². The first kappa shape index (κ1) is 36.9. The van der Waals surface area contributed by atoms with Crippen LogP contribution in [0.15, 0.2) is 97.3 Å². The van der Waals surface area contributed by atoms with E-state index in [4.69, 9.17) is 23.2 Å². The summed E-state index contributed by atoms with van der Waals surface area (Å²) in [4.78, 5) is 66.2. The predicted octanol–water partition coefficient (Wildman–Crippen LogP) is 6.13. The maximum atomic E-state index is 14.5. The van der Waals surface area contributed by atoms with Gasteiger partial charge in [-0.15, -0.1) is 0 Å². The third-order valence-electron chi connectivity index (χ3n) is 10.8. The van der Waals surface area contributed by atoms with E-state index in [1.54, 1.807) is 72.3 Å². The van der Waals surface area contributed by atoms with Crippen molar-refractivity contribution in [2.45, 2.75) is 62.1 Å². The fourth-order valence-electron chi connectivity index (χ4n) is 7.35. The molecule has 4 amide bonds. The van der Waals surface area contributed by atoms with E-state index in [0.717, 1.165) is 11.1 Å². The van der Waals surface area contributed by atoms with Crippen LogP contribution in [-0.4, -0.2) is 50.2 Å². The van der Waals surface area contributed by atoms with Crippen LogP contribution in [0, 0.1) is 11.3 Å². The second-order valence-corrected chi connectivity index (χ2v) is 15.7. The van der Waals surface area contributed by atoms with E-state index in [1.807, 2.05) is 30.3 Å². The Hall–Kier alpha value is -6.03. The van der Waals surface area contributed by atoms with Crippen molar-refractivity contribution in [3.8, 4) is 6.07 Å². The number of halogens is 2. The van der Waals surface area contributed by atoms with Crippen LogP contribution in [0.3, 0.4) is 0 Å². The number of amides is 4. The van der Waals surface area contributed by atoms with Gasteiger partial charge in [-0.05, 0) is 92.6 Å². The maximum Gasteiger partial charge on any atom is 0.270 e. The lowest BCUT2D eigenvalue weighted by Gasteiger charge is -2.27. The fourth-order valence-corrected chi connectivity index (χ4v) is 7.86.